The highest BCUT2D eigenvalue weighted by atomic mass is 16.6. The molecule has 0 aliphatic carbocycles. The molecule has 0 aromatic carbocycles. The van der Waals surface area contributed by atoms with Gasteiger partial charge in [0.1, 0.15) is 18.2 Å². The number of hydrogen-bond acceptors (Lipinski definition) is 5. The van der Waals surface area contributed by atoms with Crippen LogP contribution in [0.15, 0.2) is 4.79 Å². The molecule has 1 aromatic heterocycles. The van der Waals surface area contributed by atoms with Gasteiger partial charge in [-0.2, -0.15) is 5.26 Å². The third-order valence-electron chi connectivity index (χ3n) is 3.19. The van der Waals surface area contributed by atoms with Crippen LogP contribution in [0.3, 0.4) is 0 Å². The number of nitriles is 1. The fourth-order valence-electron chi connectivity index (χ4n) is 2.08. The Hall–Kier alpha value is -2.13. The lowest BCUT2D eigenvalue weighted by atomic mass is 9.99. The summed E-state index contributed by atoms with van der Waals surface area (Å²) < 4.78 is 10.1. The van der Waals surface area contributed by atoms with Crippen LogP contribution in [0.4, 0.5) is 0 Å². The van der Waals surface area contributed by atoms with Crippen LogP contribution < -0.4 is 5.56 Å². The van der Waals surface area contributed by atoms with Gasteiger partial charge in [0, 0.05) is 18.7 Å². The van der Waals surface area contributed by atoms with Crippen molar-refractivity contribution in [1.82, 2.24) is 4.98 Å². The summed E-state index contributed by atoms with van der Waals surface area (Å²) in [6, 6.07) is 1.89. The number of aryl methyl sites for hydroxylation is 1. The van der Waals surface area contributed by atoms with E-state index in [0.717, 1.165) is 5.56 Å². The molecular formula is C15H20N2O4. The number of carbonyl (C=O) groups excluding carboxylic acids is 1. The number of ether oxygens (including phenoxy) is 2. The van der Waals surface area contributed by atoms with Crippen LogP contribution in [0, 0.1) is 25.2 Å². The Morgan fingerprint density at radius 2 is 2.05 bits per heavy atom. The van der Waals surface area contributed by atoms with Crippen molar-refractivity contribution in [3.63, 3.8) is 0 Å². The molecule has 0 aliphatic rings. The topological polar surface area (TPSA) is 92.2 Å². The van der Waals surface area contributed by atoms with Crippen LogP contribution in [-0.2, 0) is 20.7 Å². The zero-order chi connectivity index (χ0) is 15.8. The van der Waals surface area contributed by atoms with Gasteiger partial charge in [-0.3, -0.25) is 9.59 Å². The van der Waals surface area contributed by atoms with Gasteiger partial charge in [-0.15, -0.1) is 0 Å². The molecule has 6 nitrogen and oxygen atoms in total. The maximum absolute atomic E-state index is 11.6. The van der Waals surface area contributed by atoms with Gasteiger partial charge in [0.25, 0.3) is 5.56 Å². The summed E-state index contributed by atoms with van der Waals surface area (Å²) in [5.41, 5.74) is 1.82. The molecule has 114 valence electrons. The minimum Gasteiger partial charge on any atom is -0.463 e. The molecule has 0 amide bonds. The second-order valence-electron chi connectivity index (χ2n) is 4.59. The molecule has 0 atom stereocenters. The van der Waals surface area contributed by atoms with Gasteiger partial charge in [-0.05, 0) is 38.3 Å². The summed E-state index contributed by atoms with van der Waals surface area (Å²) in [4.78, 5) is 25.8. The molecular weight excluding hydrogens is 272 g/mol. The lowest BCUT2D eigenvalue weighted by Crippen LogP contribution is -2.17. The van der Waals surface area contributed by atoms with Gasteiger partial charge in [0.05, 0.1) is 6.61 Å². The summed E-state index contributed by atoms with van der Waals surface area (Å²) in [7, 11) is 0. The fourth-order valence-corrected chi connectivity index (χ4v) is 2.08. The van der Waals surface area contributed by atoms with Gasteiger partial charge in [-0.25, -0.2) is 0 Å². The molecule has 21 heavy (non-hydrogen) atoms. The van der Waals surface area contributed by atoms with Crippen molar-refractivity contribution >= 4 is 5.97 Å². The Morgan fingerprint density at radius 3 is 2.67 bits per heavy atom. The van der Waals surface area contributed by atoms with Crippen LogP contribution in [0.1, 0.15) is 35.7 Å². The molecule has 1 heterocycles. The van der Waals surface area contributed by atoms with Crippen molar-refractivity contribution in [2.24, 2.45) is 0 Å². The van der Waals surface area contributed by atoms with Gasteiger partial charge in [0.2, 0.25) is 0 Å². The molecule has 0 bridgehead atoms. The third-order valence-corrected chi connectivity index (χ3v) is 3.19. The SMILES string of the molecule is CCOCCOC(=O)CCc1c(C)[nH]c(=O)c(C#N)c1C. The van der Waals surface area contributed by atoms with Gasteiger partial charge < -0.3 is 14.5 Å². The van der Waals surface area contributed by atoms with Crippen molar-refractivity contribution in [1.29, 1.82) is 5.26 Å². The second-order valence-corrected chi connectivity index (χ2v) is 4.59. The minimum atomic E-state index is -0.393. The molecule has 0 saturated heterocycles. The number of esters is 1. The standard InChI is InChI=1S/C15H20N2O4/c1-4-20-7-8-21-14(18)6-5-12-10(2)13(9-16)15(19)17-11(12)3/h4-8H2,1-3H3,(H,17,19). The Kier molecular flexibility index (Phi) is 6.63. The first kappa shape index (κ1) is 16.9. The Labute approximate surface area is 123 Å². The van der Waals surface area contributed by atoms with E-state index in [2.05, 4.69) is 4.98 Å². The zero-order valence-corrected chi connectivity index (χ0v) is 12.6. The van der Waals surface area contributed by atoms with Gasteiger partial charge in [-0.1, -0.05) is 0 Å². The highest BCUT2D eigenvalue weighted by Gasteiger charge is 2.13. The lowest BCUT2D eigenvalue weighted by Gasteiger charge is -2.10. The number of aromatic amines is 1. The first-order valence-corrected chi connectivity index (χ1v) is 6.87. The monoisotopic (exact) mass is 292 g/mol. The van der Waals surface area contributed by atoms with E-state index in [9.17, 15) is 9.59 Å². The molecule has 0 unspecified atom stereocenters. The number of hydrogen-bond donors (Lipinski definition) is 1. The Bertz CT molecular complexity index is 599. The van der Waals surface area contributed by atoms with Crippen LogP contribution in [0.5, 0.6) is 0 Å². The molecule has 0 radical (unpaired) electrons. The predicted octanol–water partition coefficient (Wildman–Crippen LogP) is 1.38. The Morgan fingerprint density at radius 1 is 1.33 bits per heavy atom. The van der Waals surface area contributed by atoms with Crippen molar-refractivity contribution in [3.05, 3.63) is 32.7 Å². The largest absolute Gasteiger partial charge is 0.463 e. The molecule has 1 N–H and O–H groups in total. The Balaban J connectivity index is 2.66. The fraction of sp³-hybridized carbons (Fsp3) is 0.533. The van der Waals surface area contributed by atoms with Crippen LogP contribution in [0.25, 0.3) is 0 Å². The van der Waals surface area contributed by atoms with Crippen LogP contribution in [0.2, 0.25) is 0 Å². The predicted molar refractivity (Wildman–Crippen MR) is 77.0 cm³/mol. The average Bonchev–Trinajstić information content (AvgIpc) is 2.43. The number of pyridine rings is 1. The summed E-state index contributed by atoms with van der Waals surface area (Å²) >= 11 is 0. The first-order valence-electron chi connectivity index (χ1n) is 6.87. The molecule has 0 aliphatic heterocycles. The maximum Gasteiger partial charge on any atom is 0.306 e. The smallest absolute Gasteiger partial charge is 0.306 e. The van der Waals surface area contributed by atoms with E-state index in [1.165, 1.54) is 0 Å². The first-order chi connectivity index (χ1) is 10.0. The van der Waals surface area contributed by atoms with E-state index >= 15 is 0 Å². The molecule has 1 aromatic rings. The third kappa shape index (κ3) is 4.72. The number of aromatic nitrogens is 1. The second kappa shape index (κ2) is 8.22. The molecule has 6 heteroatoms. The normalized spacial score (nSPS) is 10.2. The van der Waals surface area contributed by atoms with E-state index in [-0.39, 0.29) is 24.6 Å². The van der Waals surface area contributed by atoms with Crippen LogP contribution in [-0.4, -0.2) is 30.8 Å². The number of nitrogens with zero attached hydrogens (tertiary/aromatic N) is 1. The van der Waals surface area contributed by atoms with E-state index in [1.807, 2.05) is 13.0 Å². The quantitative estimate of drug-likeness (QED) is 0.605. The number of nitrogens with one attached hydrogen (secondary N) is 1. The highest BCUT2D eigenvalue weighted by Crippen LogP contribution is 2.15. The van der Waals surface area contributed by atoms with E-state index in [1.54, 1.807) is 13.8 Å². The molecule has 0 spiro atoms. The number of carbonyl (C=O) groups is 1. The summed E-state index contributed by atoms with van der Waals surface area (Å²) in [5, 5.41) is 8.98. The molecule has 0 fully saturated rings. The summed E-state index contributed by atoms with van der Waals surface area (Å²) in [5.74, 6) is -0.321. The van der Waals surface area contributed by atoms with Crippen molar-refractivity contribution in [2.75, 3.05) is 19.8 Å². The zero-order valence-electron chi connectivity index (χ0n) is 12.6. The average molecular weight is 292 g/mol. The molecule has 0 saturated carbocycles. The summed E-state index contributed by atoms with van der Waals surface area (Å²) in [6.45, 7) is 6.56. The van der Waals surface area contributed by atoms with Gasteiger partial charge in [0.15, 0.2) is 0 Å². The minimum absolute atomic E-state index is 0.0975. The van der Waals surface area contributed by atoms with Crippen LogP contribution >= 0.6 is 0 Å². The van der Waals surface area contributed by atoms with E-state index in [4.69, 9.17) is 14.7 Å². The van der Waals surface area contributed by atoms with Gasteiger partial charge >= 0.3 is 5.97 Å². The van der Waals surface area contributed by atoms with E-state index < -0.39 is 5.56 Å². The lowest BCUT2D eigenvalue weighted by molar-refractivity contribution is -0.145. The van der Waals surface area contributed by atoms with Crippen molar-refractivity contribution in [2.45, 2.75) is 33.6 Å². The van der Waals surface area contributed by atoms with Crippen molar-refractivity contribution in [3.8, 4) is 6.07 Å². The van der Waals surface area contributed by atoms with Crippen molar-refractivity contribution < 1.29 is 14.3 Å². The van der Waals surface area contributed by atoms with E-state index in [0.29, 0.717) is 30.9 Å². The highest BCUT2D eigenvalue weighted by molar-refractivity contribution is 5.69. The number of H-pyrrole nitrogens is 1. The maximum atomic E-state index is 11.6. The number of rotatable bonds is 7. The summed E-state index contributed by atoms with van der Waals surface area (Å²) in [6.07, 6.45) is 0.626. The molecule has 1 rings (SSSR count).